The van der Waals surface area contributed by atoms with Gasteiger partial charge in [-0.2, -0.15) is 0 Å². The van der Waals surface area contributed by atoms with Gasteiger partial charge in [-0.15, -0.1) is 0 Å². The molecule has 0 aromatic heterocycles. The van der Waals surface area contributed by atoms with Crippen LogP contribution in [0.2, 0.25) is 0 Å². The number of guanidine groups is 1. The number of para-hydroxylation sites is 1. The van der Waals surface area contributed by atoms with Gasteiger partial charge in [-0.3, -0.25) is 4.99 Å². The van der Waals surface area contributed by atoms with Crippen molar-refractivity contribution in [3.8, 4) is 0 Å². The van der Waals surface area contributed by atoms with Gasteiger partial charge in [0.25, 0.3) is 0 Å². The Morgan fingerprint density at radius 3 is 2.48 bits per heavy atom. The summed E-state index contributed by atoms with van der Waals surface area (Å²) in [5, 5.41) is 3.60. The summed E-state index contributed by atoms with van der Waals surface area (Å²) >= 11 is 0. The van der Waals surface area contributed by atoms with Crippen molar-refractivity contribution in [2.45, 2.75) is 12.8 Å². The molecule has 2 aromatic carbocycles. The van der Waals surface area contributed by atoms with E-state index in [0.717, 1.165) is 58.2 Å². The Labute approximate surface area is 185 Å². The van der Waals surface area contributed by atoms with E-state index in [1.165, 1.54) is 24.6 Å². The predicted octanol–water partition coefficient (Wildman–Crippen LogP) is 3.09. The smallest absolute Gasteiger partial charge is 0.193 e. The minimum atomic E-state index is -0.142. The second-order valence-electron chi connectivity index (χ2n) is 8.54. The summed E-state index contributed by atoms with van der Waals surface area (Å²) in [5.41, 5.74) is 2.12. The van der Waals surface area contributed by atoms with Crippen LogP contribution in [0.3, 0.4) is 0 Å². The van der Waals surface area contributed by atoms with Crippen molar-refractivity contribution in [1.82, 2.24) is 15.1 Å². The number of nitrogens with one attached hydrogen (secondary N) is 1. The number of aliphatic imine (C=N–C) groups is 1. The van der Waals surface area contributed by atoms with E-state index < -0.39 is 0 Å². The standard InChI is InChI=1S/C25H34FN5/c1-27-25(31-17-15-30(16-18-31)24-10-6-5-9-23(24)26)28-19-22-12-14-29(20-22)13-11-21-7-3-2-4-8-21/h2-10,22H,11-20H2,1H3,(H,27,28). The molecule has 5 nitrogen and oxygen atoms in total. The van der Waals surface area contributed by atoms with Crippen molar-refractivity contribution in [2.24, 2.45) is 10.9 Å². The highest BCUT2D eigenvalue weighted by atomic mass is 19.1. The van der Waals surface area contributed by atoms with Crippen molar-refractivity contribution in [3.63, 3.8) is 0 Å². The summed E-state index contributed by atoms with van der Waals surface area (Å²) in [4.78, 5) is 11.5. The highest BCUT2D eigenvalue weighted by Crippen LogP contribution is 2.20. The summed E-state index contributed by atoms with van der Waals surface area (Å²) in [6.45, 7) is 7.73. The lowest BCUT2D eigenvalue weighted by Crippen LogP contribution is -2.53. The maximum Gasteiger partial charge on any atom is 0.193 e. The molecule has 2 aliphatic rings. The normalized spacial score (nSPS) is 20.3. The highest BCUT2D eigenvalue weighted by Gasteiger charge is 2.25. The number of anilines is 1. The van der Waals surface area contributed by atoms with Gasteiger partial charge >= 0.3 is 0 Å². The molecule has 2 heterocycles. The van der Waals surface area contributed by atoms with Crippen LogP contribution in [0.4, 0.5) is 10.1 Å². The van der Waals surface area contributed by atoms with Gasteiger partial charge in [0, 0.05) is 52.9 Å². The summed E-state index contributed by atoms with van der Waals surface area (Å²) in [6.07, 6.45) is 2.36. The zero-order valence-corrected chi connectivity index (χ0v) is 18.5. The van der Waals surface area contributed by atoms with Crippen LogP contribution < -0.4 is 10.2 Å². The van der Waals surface area contributed by atoms with Crippen LogP contribution in [-0.2, 0) is 6.42 Å². The van der Waals surface area contributed by atoms with Crippen LogP contribution in [0.5, 0.6) is 0 Å². The number of rotatable bonds is 6. The van der Waals surface area contributed by atoms with Gasteiger partial charge in [-0.05, 0) is 43.0 Å². The Bertz CT molecular complexity index is 848. The van der Waals surface area contributed by atoms with Crippen molar-refractivity contribution in [2.75, 3.05) is 64.3 Å². The summed E-state index contributed by atoms with van der Waals surface area (Å²) in [6, 6.07) is 17.8. The predicted molar refractivity (Wildman–Crippen MR) is 126 cm³/mol. The first-order chi connectivity index (χ1) is 15.2. The number of halogens is 1. The third kappa shape index (κ3) is 5.76. The van der Waals surface area contributed by atoms with Crippen LogP contribution in [0, 0.1) is 11.7 Å². The Morgan fingerprint density at radius 2 is 1.74 bits per heavy atom. The fourth-order valence-electron chi connectivity index (χ4n) is 4.65. The molecule has 0 saturated carbocycles. The van der Waals surface area contributed by atoms with Crippen molar-refractivity contribution < 1.29 is 4.39 Å². The number of hydrogen-bond donors (Lipinski definition) is 1. The third-order valence-corrected chi connectivity index (χ3v) is 6.46. The van der Waals surface area contributed by atoms with Gasteiger partial charge in [0.15, 0.2) is 5.96 Å². The first-order valence-corrected chi connectivity index (χ1v) is 11.4. The molecule has 31 heavy (non-hydrogen) atoms. The van der Waals surface area contributed by atoms with Gasteiger partial charge < -0.3 is 20.0 Å². The lowest BCUT2D eigenvalue weighted by Gasteiger charge is -2.38. The van der Waals surface area contributed by atoms with Gasteiger partial charge in [-0.25, -0.2) is 4.39 Å². The summed E-state index contributed by atoms with van der Waals surface area (Å²) < 4.78 is 14.1. The Balaban J connectivity index is 1.19. The molecule has 4 rings (SSSR count). The molecule has 1 unspecified atom stereocenters. The molecule has 1 N–H and O–H groups in total. The van der Waals surface area contributed by atoms with Crippen molar-refractivity contribution in [3.05, 3.63) is 66.0 Å². The average Bonchev–Trinajstić information content (AvgIpc) is 3.27. The van der Waals surface area contributed by atoms with Crippen LogP contribution in [0.15, 0.2) is 59.6 Å². The first-order valence-electron chi connectivity index (χ1n) is 11.4. The molecule has 0 bridgehead atoms. The lowest BCUT2D eigenvalue weighted by molar-refractivity contribution is 0.325. The number of nitrogens with zero attached hydrogens (tertiary/aromatic N) is 4. The Kier molecular flexibility index (Phi) is 7.41. The third-order valence-electron chi connectivity index (χ3n) is 6.46. The van der Waals surface area contributed by atoms with Gasteiger partial charge in [-0.1, -0.05) is 42.5 Å². The quantitative estimate of drug-likeness (QED) is 0.572. The molecular formula is C25H34FN5. The van der Waals surface area contributed by atoms with Crippen LogP contribution >= 0.6 is 0 Å². The SMILES string of the molecule is CN=C(NCC1CCN(CCc2ccccc2)C1)N1CCN(c2ccccc2F)CC1. The summed E-state index contributed by atoms with van der Waals surface area (Å²) in [5.74, 6) is 1.49. The fourth-order valence-corrected chi connectivity index (χ4v) is 4.65. The van der Waals surface area contributed by atoms with E-state index in [4.69, 9.17) is 0 Å². The molecule has 2 saturated heterocycles. The Morgan fingerprint density at radius 1 is 1.00 bits per heavy atom. The molecule has 0 aliphatic carbocycles. The molecule has 0 spiro atoms. The molecule has 0 amide bonds. The van der Waals surface area contributed by atoms with E-state index in [-0.39, 0.29) is 5.82 Å². The topological polar surface area (TPSA) is 34.1 Å². The van der Waals surface area contributed by atoms with Gasteiger partial charge in [0.05, 0.1) is 5.69 Å². The second-order valence-corrected chi connectivity index (χ2v) is 8.54. The first kappa shape index (κ1) is 21.6. The van der Waals surface area contributed by atoms with Crippen LogP contribution in [-0.4, -0.2) is 75.2 Å². The number of benzene rings is 2. The molecule has 1 atom stereocenters. The molecule has 2 fully saturated rings. The monoisotopic (exact) mass is 423 g/mol. The van der Waals surface area contributed by atoms with Crippen LogP contribution in [0.1, 0.15) is 12.0 Å². The fraction of sp³-hybridized carbons (Fsp3) is 0.480. The molecule has 166 valence electrons. The highest BCUT2D eigenvalue weighted by molar-refractivity contribution is 5.80. The zero-order chi connectivity index (χ0) is 21.5. The largest absolute Gasteiger partial charge is 0.366 e. The number of likely N-dealkylation sites (tertiary alicyclic amines) is 1. The molecule has 6 heteroatoms. The number of hydrogen-bond acceptors (Lipinski definition) is 3. The average molecular weight is 424 g/mol. The van der Waals surface area contributed by atoms with Gasteiger partial charge in [0.2, 0.25) is 0 Å². The molecule has 0 radical (unpaired) electrons. The van der Waals surface area contributed by atoms with E-state index in [0.29, 0.717) is 11.6 Å². The van der Waals surface area contributed by atoms with E-state index in [1.807, 2.05) is 19.2 Å². The van der Waals surface area contributed by atoms with E-state index in [2.05, 4.69) is 55.3 Å². The van der Waals surface area contributed by atoms with E-state index in [9.17, 15) is 4.39 Å². The van der Waals surface area contributed by atoms with Crippen molar-refractivity contribution >= 4 is 11.6 Å². The number of piperazine rings is 1. The molecule has 2 aromatic rings. The van der Waals surface area contributed by atoms with Gasteiger partial charge in [0.1, 0.15) is 5.82 Å². The Hall–Kier alpha value is -2.60. The second kappa shape index (κ2) is 10.6. The van der Waals surface area contributed by atoms with E-state index in [1.54, 1.807) is 6.07 Å². The van der Waals surface area contributed by atoms with Crippen molar-refractivity contribution in [1.29, 1.82) is 0 Å². The van der Waals surface area contributed by atoms with E-state index >= 15 is 0 Å². The minimum absolute atomic E-state index is 0.142. The lowest BCUT2D eigenvalue weighted by atomic mass is 10.1. The minimum Gasteiger partial charge on any atom is -0.366 e. The zero-order valence-electron chi connectivity index (χ0n) is 18.5. The maximum absolute atomic E-state index is 14.1. The molecule has 2 aliphatic heterocycles. The molecular weight excluding hydrogens is 389 g/mol. The summed E-state index contributed by atoms with van der Waals surface area (Å²) in [7, 11) is 1.85. The maximum atomic E-state index is 14.1. The van der Waals surface area contributed by atoms with Crippen LogP contribution in [0.25, 0.3) is 0 Å².